The van der Waals surface area contributed by atoms with Crippen molar-refractivity contribution in [1.82, 2.24) is 4.98 Å². The van der Waals surface area contributed by atoms with Crippen molar-refractivity contribution < 1.29 is 14.3 Å². The summed E-state index contributed by atoms with van der Waals surface area (Å²) >= 11 is 3.25. The molecule has 0 bridgehead atoms. The minimum Gasteiger partial charge on any atom is -0.479 e. The molecular formula is C10H7BrFNO2. The number of benzene rings is 1. The van der Waals surface area contributed by atoms with Crippen molar-refractivity contribution in [2.24, 2.45) is 0 Å². The van der Waals surface area contributed by atoms with Crippen molar-refractivity contribution in [3.05, 3.63) is 34.4 Å². The van der Waals surface area contributed by atoms with E-state index in [0.717, 1.165) is 9.99 Å². The standard InChI is InChI=1S/C10H7BrFNO2/c11-5-1-2-8-6(3-5)7(4-13-8)9(12)10(14)15/h1-4,9,13H,(H,14,15). The topological polar surface area (TPSA) is 53.1 Å². The van der Waals surface area contributed by atoms with Crippen LogP contribution in [0.2, 0.25) is 0 Å². The van der Waals surface area contributed by atoms with Gasteiger partial charge in [0, 0.05) is 27.1 Å². The van der Waals surface area contributed by atoms with Gasteiger partial charge in [-0.1, -0.05) is 15.9 Å². The quantitative estimate of drug-likeness (QED) is 0.882. The normalized spacial score (nSPS) is 12.9. The lowest BCUT2D eigenvalue weighted by molar-refractivity contribution is -0.142. The Kier molecular flexibility index (Phi) is 2.48. The molecule has 0 spiro atoms. The number of hydrogen-bond acceptors (Lipinski definition) is 1. The largest absolute Gasteiger partial charge is 0.479 e. The first-order valence-corrected chi connectivity index (χ1v) is 5.02. The van der Waals surface area contributed by atoms with Gasteiger partial charge in [-0.15, -0.1) is 0 Å². The number of hydrogen-bond donors (Lipinski definition) is 2. The number of alkyl halides is 1. The first-order valence-electron chi connectivity index (χ1n) is 4.23. The Morgan fingerprint density at radius 2 is 2.27 bits per heavy atom. The zero-order valence-corrected chi connectivity index (χ0v) is 9.08. The van der Waals surface area contributed by atoms with Crippen molar-refractivity contribution in [3.8, 4) is 0 Å². The summed E-state index contributed by atoms with van der Waals surface area (Å²) < 4.78 is 14.1. The second kappa shape index (κ2) is 3.66. The van der Waals surface area contributed by atoms with Crippen LogP contribution in [-0.2, 0) is 4.79 Å². The van der Waals surface area contributed by atoms with Gasteiger partial charge in [-0.3, -0.25) is 0 Å². The van der Waals surface area contributed by atoms with Gasteiger partial charge in [0.05, 0.1) is 0 Å². The molecule has 1 aromatic heterocycles. The number of H-pyrrole nitrogens is 1. The molecule has 1 heterocycles. The summed E-state index contributed by atoms with van der Waals surface area (Å²) in [6, 6.07) is 5.25. The summed E-state index contributed by atoms with van der Waals surface area (Å²) in [4.78, 5) is 13.4. The maximum Gasteiger partial charge on any atom is 0.343 e. The summed E-state index contributed by atoms with van der Waals surface area (Å²) in [6.45, 7) is 0. The average molecular weight is 272 g/mol. The number of aromatic nitrogens is 1. The van der Waals surface area contributed by atoms with Crippen molar-refractivity contribution >= 4 is 32.8 Å². The lowest BCUT2D eigenvalue weighted by Gasteiger charge is -2.00. The fourth-order valence-corrected chi connectivity index (χ4v) is 1.82. The van der Waals surface area contributed by atoms with Crippen LogP contribution in [0.15, 0.2) is 28.9 Å². The van der Waals surface area contributed by atoms with E-state index in [1.807, 2.05) is 0 Å². The van der Waals surface area contributed by atoms with E-state index in [4.69, 9.17) is 5.11 Å². The van der Waals surface area contributed by atoms with E-state index in [0.29, 0.717) is 5.39 Å². The van der Waals surface area contributed by atoms with Crippen LogP contribution in [0.25, 0.3) is 10.9 Å². The first kappa shape index (κ1) is 10.2. The van der Waals surface area contributed by atoms with Gasteiger partial charge in [0.15, 0.2) is 0 Å². The number of fused-ring (bicyclic) bond motifs is 1. The molecule has 1 aromatic carbocycles. The molecule has 0 radical (unpaired) electrons. The second-order valence-corrected chi connectivity index (χ2v) is 4.05. The Labute approximate surface area is 93.0 Å². The first-order chi connectivity index (χ1) is 7.09. The third kappa shape index (κ3) is 1.74. The summed E-state index contributed by atoms with van der Waals surface area (Å²) in [7, 11) is 0. The molecule has 0 aliphatic rings. The lowest BCUT2D eigenvalue weighted by Crippen LogP contribution is -2.05. The molecule has 1 atom stereocenters. The molecule has 1 unspecified atom stereocenters. The van der Waals surface area contributed by atoms with Gasteiger partial charge in [0.25, 0.3) is 0 Å². The third-order valence-corrected chi connectivity index (χ3v) is 2.66. The smallest absolute Gasteiger partial charge is 0.343 e. The van der Waals surface area contributed by atoms with E-state index >= 15 is 0 Å². The highest BCUT2D eigenvalue weighted by atomic mass is 79.9. The highest BCUT2D eigenvalue weighted by Crippen LogP contribution is 2.28. The zero-order chi connectivity index (χ0) is 11.0. The molecule has 2 N–H and O–H groups in total. The molecule has 2 rings (SSSR count). The number of carbonyl (C=O) groups is 1. The number of carboxylic acid groups (broad SMARTS) is 1. The summed E-state index contributed by atoms with van der Waals surface area (Å²) in [5.41, 5.74) is 0.871. The van der Waals surface area contributed by atoms with Crippen molar-refractivity contribution in [2.45, 2.75) is 6.17 Å². The van der Waals surface area contributed by atoms with Crippen LogP contribution < -0.4 is 0 Å². The second-order valence-electron chi connectivity index (χ2n) is 3.13. The van der Waals surface area contributed by atoms with Crippen LogP contribution >= 0.6 is 15.9 Å². The van der Waals surface area contributed by atoms with E-state index in [-0.39, 0.29) is 5.56 Å². The van der Waals surface area contributed by atoms with Gasteiger partial charge in [-0.25, -0.2) is 9.18 Å². The molecule has 15 heavy (non-hydrogen) atoms. The monoisotopic (exact) mass is 271 g/mol. The highest BCUT2D eigenvalue weighted by molar-refractivity contribution is 9.10. The van der Waals surface area contributed by atoms with Gasteiger partial charge in [-0.2, -0.15) is 0 Å². The Morgan fingerprint density at radius 1 is 1.53 bits per heavy atom. The van der Waals surface area contributed by atoms with Crippen LogP contribution in [-0.4, -0.2) is 16.1 Å². The molecule has 0 saturated carbocycles. The minimum absolute atomic E-state index is 0.152. The Hall–Kier alpha value is -1.36. The summed E-state index contributed by atoms with van der Waals surface area (Å²) in [5.74, 6) is -1.48. The van der Waals surface area contributed by atoms with Crippen LogP contribution in [0.5, 0.6) is 0 Å². The fourth-order valence-electron chi connectivity index (χ4n) is 1.46. The predicted octanol–water partition coefficient (Wildman–Crippen LogP) is 3.03. The number of halogens is 2. The maximum absolute atomic E-state index is 13.3. The molecule has 0 aliphatic heterocycles. The minimum atomic E-state index is -1.99. The van der Waals surface area contributed by atoms with Crippen molar-refractivity contribution in [2.75, 3.05) is 0 Å². The molecule has 2 aromatic rings. The molecular weight excluding hydrogens is 265 g/mol. The summed E-state index contributed by atoms with van der Waals surface area (Å²) in [5, 5.41) is 9.16. The van der Waals surface area contributed by atoms with Gasteiger partial charge in [0.2, 0.25) is 6.17 Å². The third-order valence-electron chi connectivity index (χ3n) is 2.17. The van der Waals surface area contributed by atoms with Gasteiger partial charge < -0.3 is 10.1 Å². The van der Waals surface area contributed by atoms with Crippen molar-refractivity contribution in [3.63, 3.8) is 0 Å². The molecule has 0 amide bonds. The maximum atomic E-state index is 13.3. The van der Waals surface area contributed by atoms with Crippen molar-refractivity contribution in [1.29, 1.82) is 0 Å². The van der Waals surface area contributed by atoms with Crippen LogP contribution in [0, 0.1) is 0 Å². The molecule has 5 heteroatoms. The molecule has 0 aliphatic carbocycles. The number of rotatable bonds is 2. The Bertz CT molecular complexity index is 523. The number of carboxylic acids is 1. The van der Waals surface area contributed by atoms with E-state index < -0.39 is 12.1 Å². The highest BCUT2D eigenvalue weighted by Gasteiger charge is 2.21. The molecule has 0 saturated heterocycles. The van der Waals surface area contributed by atoms with Crippen LogP contribution in [0.3, 0.4) is 0 Å². The SMILES string of the molecule is O=C(O)C(F)c1c[nH]c2ccc(Br)cc12. The number of nitrogens with one attached hydrogen (secondary N) is 1. The van der Waals surface area contributed by atoms with E-state index in [1.54, 1.807) is 18.2 Å². The molecule has 3 nitrogen and oxygen atoms in total. The number of aliphatic carboxylic acids is 1. The van der Waals surface area contributed by atoms with Gasteiger partial charge in [-0.05, 0) is 18.2 Å². The fraction of sp³-hybridized carbons (Fsp3) is 0.100. The predicted molar refractivity (Wildman–Crippen MR) is 57.5 cm³/mol. The van der Waals surface area contributed by atoms with Crippen LogP contribution in [0.1, 0.15) is 11.7 Å². The summed E-state index contributed by atoms with van der Waals surface area (Å²) in [6.07, 6.45) is -0.608. The number of aromatic amines is 1. The van der Waals surface area contributed by atoms with E-state index in [9.17, 15) is 9.18 Å². The van der Waals surface area contributed by atoms with E-state index in [1.165, 1.54) is 6.20 Å². The lowest BCUT2D eigenvalue weighted by atomic mass is 10.1. The van der Waals surface area contributed by atoms with Gasteiger partial charge in [0.1, 0.15) is 0 Å². The molecule has 78 valence electrons. The van der Waals surface area contributed by atoms with Crippen LogP contribution in [0.4, 0.5) is 4.39 Å². The average Bonchev–Trinajstić information content (AvgIpc) is 2.59. The zero-order valence-electron chi connectivity index (χ0n) is 7.50. The van der Waals surface area contributed by atoms with E-state index in [2.05, 4.69) is 20.9 Å². The molecule has 0 fully saturated rings. The Morgan fingerprint density at radius 3 is 2.93 bits per heavy atom. The Balaban J connectivity index is 2.61. The van der Waals surface area contributed by atoms with Gasteiger partial charge >= 0.3 is 5.97 Å².